The quantitative estimate of drug-likeness (QED) is 0.365. The summed E-state index contributed by atoms with van der Waals surface area (Å²) in [7, 11) is 4.03. The van der Waals surface area contributed by atoms with Gasteiger partial charge in [-0.1, -0.05) is 23.1 Å². The molecular weight excluding hydrogens is 382 g/mol. The van der Waals surface area contributed by atoms with Crippen LogP contribution in [-0.2, 0) is 7.05 Å². The fraction of sp³-hybridized carbons (Fsp3) is 0.211. The molecule has 1 aromatic heterocycles. The lowest BCUT2D eigenvalue weighted by molar-refractivity contribution is -0.642. The van der Waals surface area contributed by atoms with Crippen molar-refractivity contribution >= 4 is 50.8 Å². The van der Waals surface area contributed by atoms with Crippen LogP contribution in [0.25, 0.3) is 16.3 Å². The van der Waals surface area contributed by atoms with Crippen molar-refractivity contribution in [3.05, 3.63) is 56.5 Å². The van der Waals surface area contributed by atoms with Crippen LogP contribution in [0.5, 0.6) is 5.75 Å². The number of rotatable bonds is 4. The number of benzene rings is 2. The third kappa shape index (κ3) is 3.15. The maximum Gasteiger partial charge on any atom is 0.271 e. The zero-order valence-corrected chi connectivity index (χ0v) is 16.8. The first kappa shape index (κ1) is 17.8. The molecule has 3 aromatic rings. The zero-order valence-electron chi connectivity index (χ0n) is 15.1. The number of aromatic nitrogens is 1. The van der Waals surface area contributed by atoms with Gasteiger partial charge in [0.2, 0.25) is 5.52 Å². The monoisotopic (exact) mass is 400 g/mol. The Bertz CT molecular complexity index is 1090. The fourth-order valence-corrected chi connectivity index (χ4v) is 5.35. The van der Waals surface area contributed by atoms with E-state index in [1.165, 1.54) is 0 Å². The molecule has 2 aromatic carbocycles. The smallest absolute Gasteiger partial charge is 0.271 e. The van der Waals surface area contributed by atoms with Crippen molar-refractivity contribution in [1.82, 2.24) is 0 Å². The van der Waals surface area contributed by atoms with E-state index < -0.39 is 0 Å². The normalized spacial score (nSPS) is 14.8. The van der Waals surface area contributed by atoms with Crippen LogP contribution in [0, 0.1) is 10.1 Å². The van der Waals surface area contributed by atoms with Gasteiger partial charge in [-0.25, -0.2) is 0 Å². The molecule has 0 amide bonds. The molecule has 27 heavy (non-hydrogen) atoms. The highest BCUT2D eigenvalue weighted by molar-refractivity contribution is 8.03. The second-order valence-electron chi connectivity index (χ2n) is 6.11. The van der Waals surface area contributed by atoms with E-state index in [1.807, 2.05) is 27.1 Å². The largest absolute Gasteiger partial charge is 0.494 e. The summed E-state index contributed by atoms with van der Waals surface area (Å²) in [6.07, 6.45) is 2.13. The van der Waals surface area contributed by atoms with Gasteiger partial charge in [0.25, 0.3) is 10.7 Å². The van der Waals surface area contributed by atoms with Crippen molar-refractivity contribution in [2.45, 2.75) is 11.8 Å². The highest BCUT2D eigenvalue weighted by Crippen LogP contribution is 2.47. The Balaban J connectivity index is 1.71. The topological polar surface area (TPSA) is 59.5 Å². The van der Waals surface area contributed by atoms with Gasteiger partial charge in [0.15, 0.2) is 0 Å². The number of hydrogen-bond donors (Lipinski definition) is 0. The first-order valence-corrected chi connectivity index (χ1v) is 10.1. The van der Waals surface area contributed by atoms with Crippen LogP contribution in [-0.4, -0.2) is 18.6 Å². The van der Waals surface area contributed by atoms with E-state index in [4.69, 9.17) is 4.74 Å². The second kappa shape index (κ2) is 6.86. The SMILES string of the molecule is CCOc1ccc2c(c1)S/C(=C\c1sc3cc([N+](=O)[O-])ccc3[n+]1C)N2C. The third-order valence-corrected chi connectivity index (χ3v) is 6.75. The predicted molar refractivity (Wildman–Crippen MR) is 110 cm³/mol. The Labute approximate surface area is 164 Å². The van der Waals surface area contributed by atoms with Crippen molar-refractivity contribution in [1.29, 1.82) is 0 Å². The molecule has 0 saturated heterocycles. The lowest BCUT2D eigenvalue weighted by atomic mass is 10.3. The molecule has 0 N–H and O–H groups in total. The van der Waals surface area contributed by atoms with E-state index in [-0.39, 0.29) is 10.6 Å². The first-order chi connectivity index (χ1) is 13.0. The van der Waals surface area contributed by atoms with E-state index in [1.54, 1.807) is 41.3 Å². The van der Waals surface area contributed by atoms with E-state index in [2.05, 4.69) is 27.7 Å². The Morgan fingerprint density at radius 1 is 1.30 bits per heavy atom. The molecule has 2 heterocycles. The summed E-state index contributed by atoms with van der Waals surface area (Å²) in [6, 6.07) is 11.1. The Kier molecular flexibility index (Phi) is 4.53. The number of aryl methyl sites for hydroxylation is 1. The number of nitrogens with zero attached hydrogens (tertiary/aromatic N) is 3. The molecule has 4 rings (SSSR count). The number of ether oxygens (including phenoxy) is 1. The molecule has 0 aliphatic carbocycles. The molecular formula is C19H18N3O3S2+. The molecule has 1 aliphatic heterocycles. The molecule has 6 nitrogen and oxygen atoms in total. The molecule has 0 spiro atoms. The lowest BCUT2D eigenvalue weighted by Gasteiger charge is -2.13. The van der Waals surface area contributed by atoms with E-state index in [0.29, 0.717) is 6.61 Å². The molecule has 0 fully saturated rings. The summed E-state index contributed by atoms with van der Waals surface area (Å²) in [5.41, 5.74) is 2.25. The van der Waals surface area contributed by atoms with Crippen LogP contribution in [0.4, 0.5) is 11.4 Å². The van der Waals surface area contributed by atoms with Crippen molar-refractivity contribution < 1.29 is 14.2 Å². The zero-order chi connectivity index (χ0) is 19.1. The predicted octanol–water partition coefficient (Wildman–Crippen LogP) is 4.57. The maximum atomic E-state index is 11.0. The van der Waals surface area contributed by atoms with Crippen LogP contribution >= 0.6 is 23.1 Å². The van der Waals surface area contributed by atoms with Gasteiger partial charge in [0.1, 0.15) is 17.5 Å². The number of fused-ring (bicyclic) bond motifs is 2. The van der Waals surface area contributed by atoms with E-state index in [0.717, 1.165) is 36.6 Å². The molecule has 8 heteroatoms. The van der Waals surface area contributed by atoms with Gasteiger partial charge < -0.3 is 9.64 Å². The van der Waals surface area contributed by atoms with Crippen LogP contribution in [0.1, 0.15) is 11.9 Å². The van der Waals surface area contributed by atoms with Gasteiger partial charge in [-0.15, -0.1) is 0 Å². The fourth-order valence-electron chi connectivity index (χ4n) is 3.04. The van der Waals surface area contributed by atoms with Crippen LogP contribution in [0.15, 0.2) is 46.3 Å². The number of nitro benzene ring substituents is 1. The van der Waals surface area contributed by atoms with Gasteiger partial charge in [-0.2, -0.15) is 4.57 Å². The van der Waals surface area contributed by atoms with Crippen molar-refractivity contribution in [3.8, 4) is 5.75 Å². The summed E-state index contributed by atoms with van der Waals surface area (Å²) in [5.74, 6) is 0.873. The van der Waals surface area contributed by atoms with Crippen molar-refractivity contribution in [2.75, 3.05) is 18.6 Å². The number of nitro groups is 1. The van der Waals surface area contributed by atoms with Gasteiger partial charge >= 0.3 is 0 Å². The summed E-state index contributed by atoms with van der Waals surface area (Å²) in [6.45, 7) is 2.62. The van der Waals surface area contributed by atoms with Gasteiger partial charge in [0.05, 0.1) is 28.3 Å². The number of anilines is 1. The minimum atomic E-state index is -0.357. The summed E-state index contributed by atoms with van der Waals surface area (Å²) in [5, 5.41) is 13.2. The summed E-state index contributed by atoms with van der Waals surface area (Å²) in [4.78, 5) is 14.0. The minimum Gasteiger partial charge on any atom is -0.494 e. The molecule has 0 atom stereocenters. The Hall–Kier alpha value is -2.58. The average molecular weight is 401 g/mol. The highest BCUT2D eigenvalue weighted by Gasteiger charge is 2.25. The standard InChI is InChI=1S/C19H18N3O3S2/c1-4-25-13-6-8-15-17(10-13)27-19(21(15)3)11-18-20(2)14-7-5-12(22(23)24)9-16(14)26-18/h5-11H,4H2,1-3H3/q+1. The Morgan fingerprint density at radius 3 is 2.85 bits per heavy atom. The number of thioether (sulfide) groups is 1. The lowest BCUT2D eigenvalue weighted by Crippen LogP contribution is -2.29. The molecule has 1 aliphatic rings. The highest BCUT2D eigenvalue weighted by atomic mass is 32.2. The van der Waals surface area contributed by atoms with Crippen LogP contribution in [0.2, 0.25) is 0 Å². The van der Waals surface area contributed by atoms with Crippen LogP contribution in [0.3, 0.4) is 0 Å². The second-order valence-corrected chi connectivity index (χ2v) is 8.24. The van der Waals surface area contributed by atoms with Crippen LogP contribution < -0.4 is 14.2 Å². The molecule has 0 radical (unpaired) electrons. The number of non-ortho nitro benzene ring substituents is 1. The van der Waals surface area contributed by atoms with Gasteiger partial charge in [0, 0.05) is 30.1 Å². The van der Waals surface area contributed by atoms with Crippen molar-refractivity contribution in [2.24, 2.45) is 7.05 Å². The number of thiazole rings is 1. The minimum absolute atomic E-state index is 0.117. The summed E-state index contributed by atoms with van der Waals surface area (Å²) < 4.78 is 8.57. The van der Waals surface area contributed by atoms with E-state index >= 15 is 0 Å². The average Bonchev–Trinajstić information content (AvgIpc) is 3.12. The molecule has 0 unspecified atom stereocenters. The van der Waals surface area contributed by atoms with Gasteiger partial charge in [-0.3, -0.25) is 10.1 Å². The Morgan fingerprint density at radius 2 is 2.11 bits per heavy atom. The third-order valence-electron chi connectivity index (χ3n) is 4.46. The first-order valence-electron chi connectivity index (χ1n) is 8.45. The van der Waals surface area contributed by atoms with Crippen molar-refractivity contribution in [3.63, 3.8) is 0 Å². The maximum absolute atomic E-state index is 11.0. The molecule has 0 bridgehead atoms. The molecule has 138 valence electrons. The molecule has 0 saturated carbocycles. The van der Waals surface area contributed by atoms with E-state index in [9.17, 15) is 10.1 Å². The number of hydrogen-bond acceptors (Lipinski definition) is 6. The van der Waals surface area contributed by atoms with Gasteiger partial charge in [-0.05, 0) is 25.1 Å². The summed E-state index contributed by atoms with van der Waals surface area (Å²) >= 11 is 3.25.